The Kier molecular flexibility index (Phi) is 6.76. The van der Waals surface area contributed by atoms with Gasteiger partial charge in [0.15, 0.2) is 5.69 Å². The molecule has 0 aliphatic carbocycles. The van der Waals surface area contributed by atoms with Crippen molar-refractivity contribution in [2.45, 2.75) is 77.4 Å². The molecule has 0 saturated carbocycles. The van der Waals surface area contributed by atoms with Crippen molar-refractivity contribution in [1.29, 1.82) is 0 Å². The molecule has 0 bridgehead atoms. The van der Waals surface area contributed by atoms with Crippen LogP contribution in [0.5, 0.6) is 0 Å². The fourth-order valence-electron chi connectivity index (χ4n) is 4.97. The summed E-state index contributed by atoms with van der Waals surface area (Å²) in [5.74, 6) is 0.671. The van der Waals surface area contributed by atoms with Gasteiger partial charge >= 0.3 is 0 Å². The normalized spacial score (nSPS) is 26.6. The number of rotatable bonds is 7. The molecule has 0 aromatic carbocycles. The van der Waals surface area contributed by atoms with E-state index in [-0.39, 0.29) is 23.5 Å². The number of aromatic nitrogens is 3. The molecule has 2 aliphatic heterocycles. The average Bonchev–Trinajstić information content (AvgIpc) is 3.28. The molecule has 3 heterocycles. The standard InChI is InChI=1S/C21H38N6O/c1-6-17(7-2)13-26-11-8-10-21(15-26)19(9-12-25(21)5)22-20(28)18-14-27(16(3)4)24-23-18/h14,16-17,19H,6-13,15H2,1-5H3,(H,22,28). The lowest BCUT2D eigenvalue weighted by molar-refractivity contribution is 0.0315. The van der Waals surface area contributed by atoms with Crippen molar-refractivity contribution in [1.82, 2.24) is 30.1 Å². The molecule has 1 aromatic heterocycles. The van der Waals surface area contributed by atoms with Crippen LogP contribution in [0.2, 0.25) is 0 Å². The number of likely N-dealkylation sites (tertiary alicyclic amines) is 2. The van der Waals surface area contributed by atoms with Crippen molar-refractivity contribution < 1.29 is 4.79 Å². The topological polar surface area (TPSA) is 66.3 Å². The molecular weight excluding hydrogens is 352 g/mol. The second kappa shape index (κ2) is 8.91. The van der Waals surface area contributed by atoms with Crippen molar-refractivity contribution in [3.8, 4) is 0 Å². The summed E-state index contributed by atoms with van der Waals surface area (Å²) in [5, 5.41) is 11.5. The van der Waals surface area contributed by atoms with E-state index >= 15 is 0 Å². The highest BCUT2D eigenvalue weighted by atomic mass is 16.2. The number of piperidine rings is 1. The first kappa shape index (κ1) is 21.2. The van der Waals surface area contributed by atoms with Gasteiger partial charge in [-0.1, -0.05) is 31.9 Å². The van der Waals surface area contributed by atoms with E-state index in [0.717, 1.165) is 31.8 Å². The fraction of sp³-hybridized carbons (Fsp3) is 0.857. The highest BCUT2D eigenvalue weighted by molar-refractivity contribution is 5.92. The van der Waals surface area contributed by atoms with E-state index in [9.17, 15) is 4.79 Å². The molecule has 2 saturated heterocycles. The molecule has 28 heavy (non-hydrogen) atoms. The van der Waals surface area contributed by atoms with Crippen molar-refractivity contribution >= 4 is 5.91 Å². The molecule has 0 radical (unpaired) electrons. The Morgan fingerprint density at radius 3 is 2.71 bits per heavy atom. The van der Waals surface area contributed by atoms with Crippen LogP contribution >= 0.6 is 0 Å². The Balaban J connectivity index is 1.70. The minimum Gasteiger partial charge on any atom is -0.346 e. The van der Waals surface area contributed by atoms with Gasteiger partial charge in [0, 0.05) is 25.7 Å². The number of hydrogen-bond donors (Lipinski definition) is 1. The third-order valence-electron chi connectivity index (χ3n) is 6.99. The summed E-state index contributed by atoms with van der Waals surface area (Å²) in [4.78, 5) is 18.0. The Morgan fingerprint density at radius 1 is 1.32 bits per heavy atom. The van der Waals surface area contributed by atoms with Crippen LogP contribution in [0, 0.1) is 5.92 Å². The van der Waals surface area contributed by atoms with Crippen LogP contribution in [0.4, 0.5) is 0 Å². The number of hydrogen-bond acceptors (Lipinski definition) is 5. The zero-order valence-electron chi connectivity index (χ0n) is 18.3. The summed E-state index contributed by atoms with van der Waals surface area (Å²) in [6.07, 6.45) is 7.57. The van der Waals surface area contributed by atoms with Gasteiger partial charge in [0.2, 0.25) is 0 Å². The van der Waals surface area contributed by atoms with Gasteiger partial charge in [-0.2, -0.15) is 0 Å². The molecule has 158 valence electrons. The number of carbonyl (C=O) groups excluding carboxylic acids is 1. The minimum absolute atomic E-state index is 0.0357. The zero-order valence-corrected chi connectivity index (χ0v) is 18.3. The highest BCUT2D eigenvalue weighted by Gasteiger charge is 2.50. The first-order valence-electron chi connectivity index (χ1n) is 11.1. The van der Waals surface area contributed by atoms with E-state index in [2.05, 4.69) is 46.3 Å². The van der Waals surface area contributed by atoms with Crippen LogP contribution in [-0.4, -0.2) is 75.5 Å². The Bertz CT molecular complexity index is 655. The van der Waals surface area contributed by atoms with Crippen LogP contribution in [0.25, 0.3) is 0 Å². The quantitative estimate of drug-likeness (QED) is 0.775. The third kappa shape index (κ3) is 4.25. The van der Waals surface area contributed by atoms with E-state index in [1.54, 1.807) is 10.9 Å². The summed E-state index contributed by atoms with van der Waals surface area (Å²) >= 11 is 0. The Hall–Kier alpha value is -1.47. The van der Waals surface area contributed by atoms with Gasteiger partial charge in [0.1, 0.15) is 0 Å². The summed E-state index contributed by atoms with van der Waals surface area (Å²) in [5.41, 5.74) is 0.455. The molecule has 1 N–H and O–H groups in total. The molecule has 1 amide bonds. The molecule has 2 fully saturated rings. The van der Waals surface area contributed by atoms with Gasteiger partial charge in [-0.25, -0.2) is 4.68 Å². The zero-order chi connectivity index (χ0) is 20.3. The smallest absolute Gasteiger partial charge is 0.273 e. The number of nitrogens with zero attached hydrogens (tertiary/aromatic N) is 5. The van der Waals surface area contributed by atoms with Crippen LogP contribution < -0.4 is 5.32 Å². The van der Waals surface area contributed by atoms with E-state index in [1.807, 2.05) is 13.8 Å². The summed E-state index contributed by atoms with van der Waals surface area (Å²) in [6.45, 7) is 13.1. The van der Waals surface area contributed by atoms with E-state index in [4.69, 9.17) is 0 Å². The predicted octanol–water partition coefficient (Wildman–Crippen LogP) is 2.56. The van der Waals surface area contributed by atoms with Crippen LogP contribution in [0.1, 0.15) is 76.3 Å². The summed E-state index contributed by atoms with van der Waals surface area (Å²) in [7, 11) is 2.22. The summed E-state index contributed by atoms with van der Waals surface area (Å²) in [6, 6.07) is 0.369. The van der Waals surface area contributed by atoms with Gasteiger partial charge in [-0.05, 0) is 52.6 Å². The lowest BCUT2D eigenvalue weighted by Crippen LogP contribution is -2.63. The molecule has 7 heteroatoms. The van der Waals surface area contributed by atoms with E-state index in [0.29, 0.717) is 5.69 Å². The first-order valence-corrected chi connectivity index (χ1v) is 11.1. The van der Waals surface area contributed by atoms with Gasteiger partial charge in [-0.15, -0.1) is 5.10 Å². The molecule has 1 spiro atoms. The monoisotopic (exact) mass is 390 g/mol. The maximum Gasteiger partial charge on any atom is 0.273 e. The van der Waals surface area contributed by atoms with E-state index < -0.39 is 0 Å². The predicted molar refractivity (Wildman–Crippen MR) is 111 cm³/mol. The van der Waals surface area contributed by atoms with Crippen molar-refractivity contribution in [3.63, 3.8) is 0 Å². The van der Waals surface area contributed by atoms with Gasteiger partial charge in [0.05, 0.1) is 17.8 Å². The third-order valence-corrected chi connectivity index (χ3v) is 6.99. The molecule has 7 nitrogen and oxygen atoms in total. The fourth-order valence-corrected chi connectivity index (χ4v) is 4.97. The number of nitrogens with one attached hydrogen (secondary N) is 1. The molecule has 2 aliphatic rings. The highest BCUT2D eigenvalue weighted by Crippen LogP contribution is 2.37. The maximum atomic E-state index is 12.9. The van der Waals surface area contributed by atoms with Gasteiger partial charge in [0.25, 0.3) is 5.91 Å². The minimum atomic E-state index is -0.0938. The second-order valence-electron chi connectivity index (χ2n) is 9.04. The molecular formula is C21H38N6O. The van der Waals surface area contributed by atoms with Crippen molar-refractivity contribution in [3.05, 3.63) is 11.9 Å². The lowest BCUT2D eigenvalue weighted by Gasteiger charge is -2.48. The molecule has 1 aromatic rings. The molecule has 2 atom stereocenters. The largest absolute Gasteiger partial charge is 0.346 e. The summed E-state index contributed by atoms with van der Waals surface area (Å²) < 4.78 is 1.74. The molecule has 2 unspecified atom stereocenters. The van der Waals surface area contributed by atoms with Crippen LogP contribution in [0.3, 0.4) is 0 Å². The number of carbonyl (C=O) groups is 1. The van der Waals surface area contributed by atoms with Crippen molar-refractivity contribution in [2.24, 2.45) is 5.92 Å². The van der Waals surface area contributed by atoms with Gasteiger partial charge < -0.3 is 10.2 Å². The van der Waals surface area contributed by atoms with Crippen LogP contribution in [-0.2, 0) is 0 Å². The number of likely N-dealkylation sites (N-methyl/N-ethyl adjacent to an activating group) is 1. The Labute approximate surface area is 169 Å². The second-order valence-corrected chi connectivity index (χ2v) is 9.04. The first-order chi connectivity index (χ1) is 13.4. The lowest BCUT2D eigenvalue weighted by atomic mass is 9.82. The van der Waals surface area contributed by atoms with Crippen molar-refractivity contribution in [2.75, 3.05) is 33.2 Å². The van der Waals surface area contributed by atoms with Gasteiger partial charge in [-0.3, -0.25) is 9.69 Å². The average molecular weight is 391 g/mol. The maximum absolute atomic E-state index is 12.9. The van der Waals surface area contributed by atoms with E-state index in [1.165, 1.54) is 32.4 Å². The Morgan fingerprint density at radius 2 is 2.07 bits per heavy atom. The van der Waals surface area contributed by atoms with Crippen LogP contribution in [0.15, 0.2) is 6.20 Å². The molecule has 3 rings (SSSR count). The number of amides is 1. The SMILES string of the molecule is CCC(CC)CN1CCCC2(C1)C(NC(=O)c1cn(C(C)C)nn1)CCN2C.